The Hall–Kier alpha value is -1.59. The van der Waals surface area contributed by atoms with E-state index in [1.54, 1.807) is 7.11 Å². The zero-order valence-corrected chi connectivity index (χ0v) is 15.7. The highest BCUT2D eigenvalue weighted by molar-refractivity contribution is 9.10. The van der Waals surface area contributed by atoms with Crippen molar-refractivity contribution in [2.45, 2.75) is 19.4 Å². The van der Waals surface area contributed by atoms with Gasteiger partial charge in [-0.05, 0) is 64.8 Å². The van der Waals surface area contributed by atoms with E-state index in [-0.39, 0.29) is 6.04 Å². The molecule has 0 fully saturated rings. The van der Waals surface area contributed by atoms with E-state index < -0.39 is 0 Å². The standard InChI is InChI=1S/C18H21BrN2OS/c1-13(15-8-9-17(22-2)16(19)12-15)21-18(23)20-11-10-14-6-4-3-5-7-14/h3-9,12-13H,10-11H2,1-2H3,(H2,20,21,23)/t13-/m1/s1. The van der Waals surface area contributed by atoms with E-state index >= 15 is 0 Å². The lowest BCUT2D eigenvalue weighted by Crippen LogP contribution is -2.37. The molecule has 0 saturated heterocycles. The molecule has 1 atom stereocenters. The third-order valence-corrected chi connectivity index (χ3v) is 4.45. The minimum Gasteiger partial charge on any atom is -0.496 e. The van der Waals surface area contributed by atoms with Gasteiger partial charge in [0.15, 0.2) is 5.11 Å². The van der Waals surface area contributed by atoms with Gasteiger partial charge in [0, 0.05) is 6.54 Å². The molecule has 0 unspecified atom stereocenters. The first-order valence-corrected chi connectivity index (χ1v) is 8.72. The highest BCUT2D eigenvalue weighted by Gasteiger charge is 2.09. The third kappa shape index (κ3) is 5.52. The number of thiocarbonyl (C=S) groups is 1. The SMILES string of the molecule is COc1ccc([C@@H](C)NC(=S)NCCc2ccccc2)cc1Br. The molecule has 2 rings (SSSR count). The van der Waals surface area contributed by atoms with Crippen molar-refractivity contribution in [2.24, 2.45) is 0 Å². The van der Waals surface area contributed by atoms with Gasteiger partial charge in [0.1, 0.15) is 5.75 Å². The molecule has 0 saturated carbocycles. The van der Waals surface area contributed by atoms with E-state index in [0.29, 0.717) is 5.11 Å². The molecule has 0 heterocycles. The molecule has 2 N–H and O–H groups in total. The quantitative estimate of drug-likeness (QED) is 0.720. The summed E-state index contributed by atoms with van der Waals surface area (Å²) in [5, 5.41) is 7.23. The molecule has 0 amide bonds. The van der Waals surface area contributed by atoms with E-state index in [0.717, 1.165) is 28.8 Å². The van der Waals surface area contributed by atoms with Crippen molar-refractivity contribution < 1.29 is 4.74 Å². The van der Waals surface area contributed by atoms with Crippen LogP contribution in [0.1, 0.15) is 24.1 Å². The van der Waals surface area contributed by atoms with E-state index in [1.165, 1.54) is 5.56 Å². The van der Waals surface area contributed by atoms with Crippen molar-refractivity contribution in [3.05, 3.63) is 64.1 Å². The topological polar surface area (TPSA) is 33.3 Å². The van der Waals surface area contributed by atoms with Crippen molar-refractivity contribution >= 4 is 33.3 Å². The van der Waals surface area contributed by atoms with Gasteiger partial charge >= 0.3 is 0 Å². The first-order chi connectivity index (χ1) is 11.1. The molecule has 0 bridgehead atoms. The number of methoxy groups -OCH3 is 1. The fourth-order valence-electron chi connectivity index (χ4n) is 2.25. The molecule has 3 nitrogen and oxygen atoms in total. The monoisotopic (exact) mass is 392 g/mol. The molecule has 23 heavy (non-hydrogen) atoms. The van der Waals surface area contributed by atoms with Crippen LogP contribution >= 0.6 is 28.1 Å². The van der Waals surface area contributed by atoms with Crippen LogP contribution in [-0.4, -0.2) is 18.8 Å². The molecule has 0 aromatic heterocycles. The van der Waals surface area contributed by atoms with Crippen molar-refractivity contribution in [1.82, 2.24) is 10.6 Å². The summed E-state index contributed by atoms with van der Waals surface area (Å²) in [4.78, 5) is 0. The van der Waals surface area contributed by atoms with E-state index in [9.17, 15) is 0 Å². The smallest absolute Gasteiger partial charge is 0.166 e. The van der Waals surface area contributed by atoms with Gasteiger partial charge in [0.25, 0.3) is 0 Å². The van der Waals surface area contributed by atoms with Crippen LogP contribution < -0.4 is 15.4 Å². The Bertz CT molecular complexity index is 649. The second-order valence-electron chi connectivity index (χ2n) is 5.25. The zero-order chi connectivity index (χ0) is 16.7. The Morgan fingerprint density at radius 1 is 1.22 bits per heavy atom. The maximum absolute atomic E-state index is 5.37. The number of rotatable bonds is 6. The minimum absolute atomic E-state index is 0.119. The lowest BCUT2D eigenvalue weighted by atomic mass is 10.1. The maximum atomic E-state index is 5.37. The van der Waals surface area contributed by atoms with Gasteiger partial charge < -0.3 is 15.4 Å². The van der Waals surface area contributed by atoms with Crippen LogP contribution in [0.2, 0.25) is 0 Å². The summed E-state index contributed by atoms with van der Waals surface area (Å²) in [7, 11) is 1.66. The second-order valence-corrected chi connectivity index (χ2v) is 6.51. The van der Waals surface area contributed by atoms with Crippen LogP contribution in [0, 0.1) is 0 Å². The highest BCUT2D eigenvalue weighted by Crippen LogP contribution is 2.27. The Labute approximate surface area is 151 Å². The minimum atomic E-state index is 0.119. The van der Waals surface area contributed by atoms with Crippen molar-refractivity contribution in [1.29, 1.82) is 0 Å². The number of benzene rings is 2. The van der Waals surface area contributed by atoms with E-state index in [4.69, 9.17) is 17.0 Å². The third-order valence-electron chi connectivity index (χ3n) is 3.57. The lowest BCUT2D eigenvalue weighted by Gasteiger charge is -2.18. The van der Waals surface area contributed by atoms with Crippen LogP contribution in [0.15, 0.2) is 53.0 Å². The Morgan fingerprint density at radius 2 is 1.96 bits per heavy atom. The predicted octanol–water partition coefficient (Wildman–Crippen LogP) is 4.23. The molecule has 5 heteroatoms. The number of halogens is 1. The number of hydrogen-bond donors (Lipinski definition) is 2. The van der Waals surface area contributed by atoms with Gasteiger partial charge in [-0.2, -0.15) is 0 Å². The second kappa shape index (κ2) is 8.89. The fourth-order valence-corrected chi connectivity index (χ4v) is 3.09. The average Bonchev–Trinajstić information content (AvgIpc) is 2.55. The van der Waals surface area contributed by atoms with Crippen LogP contribution in [0.3, 0.4) is 0 Å². The Kier molecular flexibility index (Phi) is 6.86. The van der Waals surface area contributed by atoms with Gasteiger partial charge in [0.05, 0.1) is 17.6 Å². The summed E-state index contributed by atoms with van der Waals surface area (Å²) in [6, 6.07) is 16.5. The largest absolute Gasteiger partial charge is 0.496 e. The van der Waals surface area contributed by atoms with Gasteiger partial charge in [-0.15, -0.1) is 0 Å². The summed E-state index contributed by atoms with van der Waals surface area (Å²) in [5.41, 5.74) is 2.44. The van der Waals surface area contributed by atoms with Crippen LogP contribution in [0.25, 0.3) is 0 Å². The highest BCUT2D eigenvalue weighted by atomic mass is 79.9. The lowest BCUT2D eigenvalue weighted by molar-refractivity contribution is 0.412. The first kappa shape index (κ1) is 17.8. The summed E-state index contributed by atoms with van der Waals surface area (Å²) in [6.07, 6.45) is 0.950. The van der Waals surface area contributed by atoms with Gasteiger partial charge in [-0.3, -0.25) is 0 Å². The average molecular weight is 393 g/mol. The van der Waals surface area contributed by atoms with Crippen LogP contribution in [0.4, 0.5) is 0 Å². The van der Waals surface area contributed by atoms with Gasteiger partial charge in [0.2, 0.25) is 0 Å². The molecule has 122 valence electrons. The van der Waals surface area contributed by atoms with Crippen molar-refractivity contribution in [3.63, 3.8) is 0 Å². The summed E-state index contributed by atoms with van der Waals surface area (Å²) in [6.45, 7) is 2.90. The molecule has 0 aliphatic heterocycles. The van der Waals surface area contributed by atoms with E-state index in [2.05, 4.69) is 57.8 Å². The number of nitrogens with one attached hydrogen (secondary N) is 2. The molecule has 0 aliphatic carbocycles. The molecule has 0 radical (unpaired) electrons. The summed E-state index contributed by atoms with van der Waals surface area (Å²) >= 11 is 8.88. The van der Waals surface area contributed by atoms with Gasteiger partial charge in [-0.1, -0.05) is 36.4 Å². The molecular formula is C18H21BrN2OS. The molecule has 0 aliphatic rings. The predicted molar refractivity (Wildman–Crippen MR) is 103 cm³/mol. The first-order valence-electron chi connectivity index (χ1n) is 7.52. The number of ether oxygens (including phenoxy) is 1. The Morgan fingerprint density at radius 3 is 2.61 bits per heavy atom. The molecule has 0 spiro atoms. The summed E-state index contributed by atoms with van der Waals surface area (Å²) in [5.74, 6) is 0.824. The van der Waals surface area contributed by atoms with Crippen LogP contribution in [0.5, 0.6) is 5.75 Å². The fraction of sp³-hybridized carbons (Fsp3) is 0.278. The van der Waals surface area contributed by atoms with Crippen LogP contribution in [-0.2, 0) is 6.42 Å². The van der Waals surface area contributed by atoms with Crippen molar-refractivity contribution in [3.8, 4) is 5.75 Å². The normalized spacial score (nSPS) is 11.6. The summed E-state index contributed by atoms with van der Waals surface area (Å²) < 4.78 is 6.19. The molecular weight excluding hydrogens is 372 g/mol. The molecule has 2 aromatic carbocycles. The van der Waals surface area contributed by atoms with E-state index in [1.807, 2.05) is 24.3 Å². The number of hydrogen-bond acceptors (Lipinski definition) is 2. The Balaban J connectivity index is 1.81. The molecule has 2 aromatic rings. The maximum Gasteiger partial charge on any atom is 0.166 e. The van der Waals surface area contributed by atoms with Gasteiger partial charge in [-0.25, -0.2) is 0 Å². The van der Waals surface area contributed by atoms with Crippen molar-refractivity contribution in [2.75, 3.05) is 13.7 Å². The zero-order valence-electron chi connectivity index (χ0n) is 13.3.